The van der Waals surface area contributed by atoms with Crippen molar-refractivity contribution in [1.29, 1.82) is 0 Å². The second kappa shape index (κ2) is 8.15. The van der Waals surface area contributed by atoms with Crippen molar-refractivity contribution in [1.82, 2.24) is 5.32 Å². The van der Waals surface area contributed by atoms with Crippen LogP contribution in [0.25, 0.3) is 0 Å². The van der Waals surface area contributed by atoms with Gasteiger partial charge in [-0.3, -0.25) is 14.9 Å². The topological polar surface area (TPSA) is 108 Å². The molecule has 0 aromatic heterocycles. The summed E-state index contributed by atoms with van der Waals surface area (Å²) in [5, 5.41) is 13.4. The number of methoxy groups -OCH3 is 1. The maximum atomic E-state index is 12.2. The lowest BCUT2D eigenvalue weighted by Gasteiger charge is -2.35. The first-order valence-electron chi connectivity index (χ1n) is 7.84. The minimum Gasteiger partial charge on any atom is -0.484 e. The fourth-order valence-electron chi connectivity index (χ4n) is 2.91. The zero-order chi connectivity index (χ0) is 18.4. The first-order chi connectivity index (χ1) is 11.9. The Morgan fingerprint density at radius 3 is 2.56 bits per heavy atom. The summed E-state index contributed by atoms with van der Waals surface area (Å²) in [4.78, 5) is 34.4. The summed E-state index contributed by atoms with van der Waals surface area (Å²) in [6, 6.07) is 3.82. The molecule has 1 N–H and O–H groups in total. The lowest BCUT2D eigenvalue weighted by Crippen LogP contribution is -2.57. The highest BCUT2D eigenvalue weighted by Gasteiger charge is 2.41. The third kappa shape index (κ3) is 4.60. The number of halogens is 1. The molecule has 136 valence electrons. The number of nitrogens with one attached hydrogen (secondary N) is 1. The van der Waals surface area contributed by atoms with Crippen molar-refractivity contribution in [3.8, 4) is 5.75 Å². The van der Waals surface area contributed by atoms with E-state index in [1.54, 1.807) is 0 Å². The Morgan fingerprint density at radius 1 is 1.32 bits per heavy atom. The zero-order valence-corrected chi connectivity index (χ0v) is 14.5. The number of esters is 1. The molecule has 1 fully saturated rings. The predicted octanol–water partition coefficient (Wildman–Crippen LogP) is 2.62. The van der Waals surface area contributed by atoms with Gasteiger partial charge in [0, 0.05) is 12.1 Å². The third-order valence-corrected chi connectivity index (χ3v) is 4.45. The summed E-state index contributed by atoms with van der Waals surface area (Å²) in [5.41, 5.74) is -1.26. The van der Waals surface area contributed by atoms with E-state index >= 15 is 0 Å². The van der Waals surface area contributed by atoms with Gasteiger partial charge in [0.15, 0.2) is 6.61 Å². The van der Waals surface area contributed by atoms with Crippen LogP contribution in [0.4, 0.5) is 5.69 Å². The van der Waals surface area contributed by atoms with Crippen LogP contribution in [0, 0.1) is 10.1 Å². The van der Waals surface area contributed by atoms with Crippen LogP contribution in [0.2, 0.25) is 5.02 Å². The van der Waals surface area contributed by atoms with Crippen molar-refractivity contribution in [3.05, 3.63) is 33.3 Å². The van der Waals surface area contributed by atoms with Gasteiger partial charge in [-0.1, -0.05) is 30.9 Å². The highest BCUT2D eigenvalue weighted by Crippen LogP contribution is 2.30. The van der Waals surface area contributed by atoms with Gasteiger partial charge < -0.3 is 14.8 Å². The van der Waals surface area contributed by atoms with Gasteiger partial charge in [0.2, 0.25) is 0 Å². The predicted molar refractivity (Wildman–Crippen MR) is 89.6 cm³/mol. The molecule has 0 aliphatic heterocycles. The molecule has 0 bridgehead atoms. The number of rotatable bonds is 6. The Labute approximate surface area is 149 Å². The molecule has 0 heterocycles. The molecule has 1 aliphatic carbocycles. The van der Waals surface area contributed by atoms with E-state index in [1.165, 1.54) is 25.3 Å². The smallest absolute Gasteiger partial charge is 0.331 e. The van der Waals surface area contributed by atoms with E-state index in [4.69, 9.17) is 21.1 Å². The van der Waals surface area contributed by atoms with Gasteiger partial charge >= 0.3 is 5.97 Å². The number of carbonyl (C=O) groups is 2. The largest absolute Gasteiger partial charge is 0.484 e. The Bertz CT molecular complexity index is 673. The number of hydrogen-bond acceptors (Lipinski definition) is 6. The molecule has 0 saturated heterocycles. The van der Waals surface area contributed by atoms with E-state index in [0.717, 1.165) is 19.3 Å². The van der Waals surface area contributed by atoms with Crippen molar-refractivity contribution in [2.75, 3.05) is 13.7 Å². The summed E-state index contributed by atoms with van der Waals surface area (Å²) >= 11 is 5.79. The first kappa shape index (κ1) is 19.0. The van der Waals surface area contributed by atoms with Gasteiger partial charge in [0.25, 0.3) is 11.6 Å². The van der Waals surface area contributed by atoms with E-state index < -0.39 is 22.3 Å². The first-order valence-corrected chi connectivity index (χ1v) is 8.22. The second-order valence-electron chi connectivity index (χ2n) is 5.84. The van der Waals surface area contributed by atoms with Crippen LogP contribution >= 0.6 is 11.6 Å². The standard InChI is InChI=1S/C16H19ClN2O6/c1-24-15(21)16(7-3-2-4-8-16)18-14(20)10-25-11-5-6-13(19(22)23)12(17)9-11/h5-6,9H,2-4,7-8,10H2,1H3,(H,18,20). The molecule has 0 unspecified atom stereocenters. The lowest BCUT2D eigenvalue weighted by atomic mass is 9.81. The Hall–Kier alpha value is -2.35. The second-order valence-corrected chi connectivity index (χ2v) is 6.25. The molecule has 8 nitrogen and oxygen atoms in total. The molecule has 25 heavy (non-hydrogen) atoms. The minimum atomic E-state index is -1.01. The molecule has 1 amide bonds. The number of nitro groups is 1. The molecule has 0 radical (unpaired) electrons. The average molecular weight is 371 g/mol. The fourth-order valence-corrected chi connectivity index (χ4v) is 3.15. The highest BCUT2D eigenvalue weighted by atomic mass is 35.5. The van der Waals surface area contributed by atoms with Gasteiger partial charge in [-0.2, -0.15) is 0 Å². The summed E-state index contributed by atoms with van der Waals surface area (Å²) in [7, 11) is 1.29. The zero-order valence-electron chi connectivity index (χ0n) is 13.7. The van der Waals surface area contributed by atoms with E-state index in [1.807, 2.05) is 0 Å². The number of benzene rings is 1. The average Bonchev–Trinajstić information content (AvgIpc) is 2.59. The molecule has 0 atom stereocenters. The van der Waals surface area contributed by atoms with Gasteiger partial charge in [0.05, 0.1) is 12.0 Å². The van der Waals surface area contributed by atoms with E-state index in [9.17, 15) is 19.7 Å². The molecule has 2 rings (SSSR count). The van der Waals surface area contributed by atoms with Gasteiger partial charge in [-0.25, -0.2) is 4.79 Å². The molecule has 1 aromatic carbocycles. The molecular weight excluding hydrogens is 352 g/mol. The number of carbonyl (C=O) groups excluding carboxylic acids is 2. The highest BCUT2D eigenvalue weighted by molar-refractivity contribution is 6.32. The molecule has 9 heteroatoms. The van der Waals surface area contributed by atoms with Crippen LogP contribution in [0.3, 0.4) is 0 Å². The summed E-state index contributed by atoms with van der Waals surface area (Å²) in [6.07, 6.45) is 3.71. The van der Waals surface area contributed by atoms with Gasteiger partial charge in [0.1, 0.15) is 16.3 Å². The molecular formula is C16H19ClN2O6. The van der Waals surface area contributed by atoms with Crippen LogP contribution < -0.4 is 10.1 Å². The van der Waals surface area contributed by atoms with Gasteiger partial charge in [-0.15, -0.1) is 0 Å². The van der Waals surface area contributed by atoms with Crippen molar-refractivity contribution in [3.63, 3.8) is 0 Å². The summed E-state index contributed by atoms with van der Waals surface area (Å²) in [5.74, 6) is -0.706. The molecule has 1 saturated carbocycles. The minimum absolute atomic E-state index is 0.0822. The fraction of sp³-hybridized carbons (Fsp3) is 0.500. The van der Waals surface area contributed by atoms with Crippen LogP contribution in [-0.4, -0.2) is 36.1 Å². The monoisotopic (exact) mass is 370 g/mol. The maximum absolute atomic E-state index is 12.2. The maximum Gasteiger partial charge on any atom is 0.331 e. The van der Waals surface area contributed by atoms with Crippen molar-refractivity contribution >= 4 is 29.2 Å². The van der Waals surface area contributed by atoms with Crippen LogP contribution in [-0.2, 0) is 14.3 Å². The van der Waals surface area contributed by atoms with E-state index in [-0.39, 0.29) is 23.1 Å². The number of amides is 1. The Morgan fingerprint density at radius 2 is 2.00 bits per heavy atom. The lowest BCUT2D eigenvalue weighted by molar-refractivity contribution is -0.384. The van der Waals surface area contributed by atoms with Crippen molar-refractivity contribution in [2.24, 2.45) is 0 Å². The van der Waals surface area contributed by atoms with Crippen LogP contribution in [0.5, 0.6) is 5.75 Å². The number of nitro benzene ring substituents is 1. The van der Waals surface area contributed by atoms with E-state index in [2.05, 4.69) is 5.32 Å². The number of nitrogens with zero attached hydrogens (tertiary/aromatic N) is 1. The normalized spacial score (nSPS) is 15.9. The van der Waals surface area contributed by atoms with Gasteiger partial charge in [-0.05, 0) is 18.9 Å². The summed E-state index contributed by atoms with van der Waals surface area (Å²) < 4.78 is 10.1. The van der Waals surface area contributed by atoms with E-state index in [0.29, 0.717) is 12.8 Å². The summed E-state index contributed by atoms with van der Waals surface area (Å²) in [6.45, 7) is -0.340. The number of ether oxygens (including phenoxy) is 2. The molecule has 0 spiro atoms. The van der Waals surface area contributed by atoms with Crippen molar-refractivity contribution in [2.45, 2.75) is 37.6 Å². The number of hydrogen-bond donors (Lipinski definition) is 1. The van der Waals surface area contributed by atoms with Crippen LogP contribution in [0.15, 0.2) is 18.2 Å². The van der Waals surface area contributed by atoms with Crippen molar-refractivity contribution < 1.29 is 24.0 Å². The SMILES string of the molecule is COC(=O)C1(NC(=O)COc2ccc([N+](=O)[O-])c(Cl)c2)CCCCC1. The molecule has 1 aliphatic rings. The third-order valence-electron chi connectivity index (χ3n) is 4.15. The van der Waals surface area contributed by atoms with Crippen LogP contribution in [0.1, 0.15) is 32.1 Å². The Kier molecular flexibility index (Phi) is 6.19. The Balaban J connectivity index is 1.98. The quantitative estimate of drug-likeness (QED) is 0.468. The molecule has 1 aromatic rings.